The Balaban J connectivity index is 2.14. The van der Waals surface area contributed by atoms with Crippen LogP contribution >= 0.6 is 11.8 Å². The normalized spacial score (nSPS) is 10.4. The van der Waals surface area contributed by atoms with Gasteiger partial charge in [-0.15, -0.1) is 11.8 Å². The summed E-state index contributed by atoms with van der Waals surface area (Å²) >= 11 is 1.43. The topological polar surface area (TPSA) is 85.7 Å². The van der Waals surface area contributed by atoms with Gasteiger partial charge in [-0.2, -0.15) is 0 Å². The van der Waals surface area contributed by atoms with Gasteiger partial charge < -0.3 is 20.0 Å². The number of benzene rings is 1. The molecular weight excluding hydrogens is 266 g/mol. The first-order chi connectivity index (χ1) is 9.11. The molecule has 2 rings (SSSR count). The molecular formula is C13H13NO4S. The molecule has 0 atom stereocenters. The Hall–Kier alpha value is -2.08. The van der Waals surface area contributed by atoms with E-state index in [1.807, 2.05) is 6.07 Å². The van der Waals surface area contributed by atoms with Crippen LogP contribution in [0.25, 0.3) is 0 Å². The van der Waals surface area contributed by atoms with Crippen LogP contribution in [0, 0.1) is 0 Å². The van der Waals surface area contributed by atoms with E-state index in [0.29, 0.717) is 22.9 Å². The van der Waals surface area contributed by atoms with E-state index in [-0.39, 0.29) is 5.56 Å². The van der Waals surface area contributed by atoms with Crippen molar-refractivity contribution in [1.29, 1.82) is 0 Å². The maximum Gasteiger partial charge on any atom is 0.339 e. The molecule has 0 radical (unpaired) electrons. The van der Waals surface area contributed by atoms with Crippen molar-refractivity contribution in [3.05, 3.63) is 41.9 Å². The summed E-state index contributed by atoms with van der Waals surface area (Å²) in [5.74, 6) is 0.507. The summed E-state index contributed by atoms with van der Waals surface area (Å²) in [6.07, 6.45) is 1.37. The van der Waals surface area contributed by atoms with E-state index < -0.39 is 5.97 Å². The highest BCUT2D eigenvalue weighted by atomic mass is 32.2. The van der Waals surface area contributed by atoms with Gasteiger partial charge in [0.05, 0.1) is 19.1 Å². The molecule has 0 amide bonds. The van der Waals surface area contributed by atoms with Crippen molar-refractivity contribution in [2.45, 2.75) is 10.6 Å². The Morgan fingerprint density at radius 2 is 2.26 bits per heavy atom. The average Bonchev–Trinajstić information content (AvgIpc) is 2.85. The van der Waals surface area contributed by atoms with Crippen LogP contribution in [-0.4, -0.2) is 18.2 Å². The minimum atomic E-state index is -0.992. The summed E-state index contributed by atoms with van der Waals surface area (Å²) in [5, 5.41) is 8.98. The minimum absolute atomic E-state index is 0.182. The predicted octanol–water partition coefficient (Wildman–Crippen LogP) is 2.86. The van der Waals surface area contributed by atoms with Gasteiger partial charge in [0.15, 0.2) is 0 Å². The maximum atomic E-state index is 11.0. The van der Waals surface area contributed by atoms with Gasteiger partial charge in [-0.25, -0.2) is 4.79 Å². The number of furan rings is 1. The molecule has 0 bridgehead atoms. The van der Waals surface area contributed by atoms with Gasteiger partial charge in [0, 0.05) is 16.6 Å². The first-order valence-corrected chi connectivity index (χ1v) is 6.46. The van der Waals surface area contributed by atoms with E-state index >= 15 is 0 Å². The second-order valence-corrected chi connectivity index (χ2v) is 4.78. The predicted molar refractivity (Wildman–Crippen MR) is 72.6 cm³/mol. The van der Waals surface area contributed by atoms with E-state index in [0.717, 1.165) is 4.90 Å². The van der Waals surface area contributed by atoms with Crippen LogP contribution in [0.15, 0.2) is 39.8 Å². The summed E-state index contributed by atoms with van der Waals surface area (Å²) in [4.78, 5) is 11.8. The molecule has 19 heavy (non-hydrogen) atoms. The quantitative estimate of drug-likeness (QED) is 0.646. The number of nitrogens with two attached hydrogens (primary N) is 1. The summed E-state index contributed by atoms with van der Waals surface area (Å²) < 4.78 is 10.4. The lowest BCUT2D eigenvalue weighted by molar-refractivity contribution is 0.0695. The van der Waals surface area contributed by atoms with Gasteiger partial charge in [0.1, 0.15) is 17.1 Å². The number of hydrogen-bond acceptors (Lipinski definition) is 5. The lowest BCUT2D eigenvalue weighted by atomic mass is 10.3. The Morgan fingerprint density at radius 1 is 1.47 bits per heavy atom. The van der Waals surface area contributed by atoms with Gasteiger partial charge in [0.2, 0.25) is 0 Å². The monoisotopic (exact) mass is 279 g/mol. The average molecular weight is 279 g/mol. The van der Waals surface area contributed by atoms with Crippen LogP contribution < -0.4 is 10.5 Å². The van der Waals surface area contributed by atoms with Crippen molar-refractivity contribution in [3.63, 3.8) is 0 Å². The zero-order valence-electron chi connectivity index (χ0n) is 10.3. The molecule has 3 N–H and O–H groups in total. The molecule has 1 heterocycles. The molecule has 0 aliphatic carbocycles. The van der Waals surface area contributed by atoms with Gasteiger partial charge >= 0.3 is 5.97 Å². The third kappa shape index (κ3) is 3.03. The number of thioether (sulfide) groups is 1. The lowest BCUT2D eigenvalue weighted by Crippen LogP contribution is -1.97. The van der Waals surface area contributed by atoms with E-state index in [2.05, 4.69) is 0 Å². The molecule has 5 nitrogen and oxygen atoms in total. The SMILES string of the molecule is COc1cc(N)ccc1SCc1occc1C(=O)O. The van der Waals surface area contributed by atoms with Gasteiger partial charge in [-0.1, -0.05) is 0 Å². The zero-order valence-corrected chi connectivity index (χ0v) is 11.1. The van der Waals surface area contributed by atoms with Gasteiger partial charge in [-0.05, 0) is 18.2 Å². The number of nitrogen functional groups attached to an aromatic ring is 1. The lowest BCUT2D eigenvalue weighted by Gasteiger charge is -2.08. The molecule has 0 aliphatic rings. The molecule has 0 saturated carbocycles. The summed E-state index contributed by atoms with van der Waals surface area (Å²) in [5.41, 5.74) is 6.47. The number of aromatic carboxylic acids is 1. The van der Waals surface area contributed by atoms with E-state index in [4.69, 9.17) is 20.0 Å². The first kappa shape index (κ1) is 13.4. The van der Waals surface area contributed by atoms with Gasteiger partial charge in [0.25, 0.3) is 0 Å². The number of carboxylic acids is 1. The molecule has 1 aromatic carbocycles. The van der Waals surface area contributed by atoms with Crippen LogP contribution in [0.1, 0.15) is 16.1 Å². The number of carboxylic acid groups (broad SMARTS) is 1. The standard InChI is InChI=1S/C13H13NO4S/c1-17-10-6-8(14)2-3-12(10)19-7-11-9(13(15)16)4-5-18-11/h2-6H,7,14H2,1H3,(H,15,16). The number of anilines is 1. The zero-order chi connectivity index (χ0) is 13.8. The highest BCUT2D eigenvalue weighted by Gasteiger charge is 2.14. The number of methoxy groups -OCH3 is 1. The Bertz CT molecular complexity index is 594. The Morgan fingerprint density at radius 3 is 2.95 bits per heavy atom. The van der Waals surface area contributed by atoms with Crippen LogP contribution in [0.4, 0.5) is 5.69 Å². The molecule has 0 unspecified atom stereocenters. The van der Waals surface area contributed by atoms with Crippen molar-refractivity contribution >= 4 is 23.4 Å². The van der Waals surface area contributed by atoms with Gasteiger partial charge in [-0.3, -0.25) is 0 Å². The first-order valence-electron chi connectivity index (χ1n) is 5.47. The molecule has 1 aromatic heterocycles. The Labute approximate surface area is 114 Å². The highest BCUT2D eigenvalue weighted by molar-refractivity contribution is 7.98. The second kappa shape index (κ2) is 5.71. The minimum Gasteiger partial charge on any atom is -0.496 e. The molecule has 0 aliphatic heterocycles. The van der Waals surface area contributed by atoms with Crippen LogP contribution in [0.5, 0.6) is 5.75 Å². The number of hydrogen-bond donors (Lipinski definition) is 2. The maximum absolute atomic E-state index is 11.0. The fourth-order valence-electron chi connectivity index (χ4n) is 1.59. The third-order valence-corrected chi connectivity index (χ3v) is 3.58. The number of rotatable bonds is 5. The highest BCUT2D eigenvalue weighted by Crippen LogP contribution is 2.33. The van der Waals surface area contributed by atoms with Crippen molar-refractivity contribution in [2.24, 2.45) is 0 Å². The van der Waals surface area contributed by atoms with Crippen molar-refractivity contribution in [2.75, 3.05) is 12.8 Å². The summed E-state index contributed by atoms with van der Waals surface area (Å²) in [7, 11) is 1.56. The molecule has 100 valence electrons. The van der Waals surface area contributed by atoms with Crippen LogP contribution in [0.3, 0.4) is 0 Å². The van der Waals surface area contributed by atoms with Crippen LogP contribution in [-0.2, 0) is 5.75 Å². The second-order valence-electron chi connectivity index (χ2n) is 3.76. The fourth-order valence-corrected chi connectivity index (χ4v) is 2.55. The summed E-state index contributed by atoms with van der Waals surface area (Å²) in [6.45, 7) is 0. The summed E-state index contributed by atoms with van der Waals surface area (Å²) in [6, 6.07) is 6.77. The van der Waals surface area contributed by atoms with E-state index in [1.165, 1.54) is 24.1 Å². The molecule has 6 heteroatoms. The Kier molecular flexibility index (Phi) is 4.01. The number of ether oxygens (including phenoxy) is 1. The van der Waals surface area contributed by atoms with Crippen LogP contribution in [0.2, 0.25) is 0 Å². The van der Waals surface area contributed by atoms with E-state index in [1.54, 1.807) is 19.2 Å². The van der Waals surface area contributed by atoms with Crippen molar-refractivity contribution in [3.8, 4) is 5.75 Å². The molecule has 0 spiro atoms. The molecule has 0 fully saturated rings. The molecule has 2 aromatic rings. The van der Waals surface area contributed by atoms with Crippen molar-refractivity contribution < 1.29 is 19.1 Å². The van der Waals surface area contributed by atoms with E-state index in [9.17, 15) is 4.79 Å². The number of carbonyl (C=O) groups is 1. The molecule has 0 saturated heterocycles. The smallest absolute Gasteiger partial charge is 0.339 e. The van der Waals surface area contributed by atoms with Crippen molar-refractivity contribution in [1.82, 2.24) is 0 Å². The fraction of sp³-hybridized carbons (Fsp3) is 0.154. The third-order valence-electron chi connectivity index (χ3n) is 2.52. The largest absolute Gasteiger partial charge is 0.496 e.